The summed E-state index contributed by atoms with van der Waals surface area (Å²) in [6.45, 7) is 5.02. The summed E-state index contributed by atoms with van der Waals surface area (Å²) in [5.41, 5.74) is 1.10. The summed E-state index contributed by atoms with van der Waals surface area (Å²) < 4.78 is 5.59. The van der Waals surface area contributed by atoms with Crippen LogP contribution in [-0.2, 0) is 4.79 Å². The average Bonchev–Trinajstić information content (AvgIpc) is 2.62. The van der Waals surface area contributed by atoms with Gasteiger partial charge in [-0.2, -0.15) is 0 Å². The van der Waals surface area contributed by atoms with Gasteiger partial charge in [0.15, 0.2) is 6.61 Å². The molecule has 0 saturated heterocycles. The SMILES string of the molecule is CCN(CC)C(=O)COc1ccccc1C(=O)Nc1ccccc1. The quantitative estimate of drug-likeness (QED) is 0.850. The van der Waals surface area contributed by atoms with Crippen LogP contribution in [0, 0.1) is 0 Å². The summed E-state index contributed by atoms with van der Waals surface area (Å²) in [5, 5.41) is 2.82. The zero-order chi connectivity index (χ0) is 17.4. The van der Waals surface area contributed by atoms with Crippen LogP contribution in [0.25, 0.3) is 0 Å². The minimum Gasteiger partial charge on any atom is -0.483 e. The summed E-state index contributed by atoms with van der Waals surface area (Å²) in [6.07, 6.45) is 0. The summed E-state index contributed by atoms with van der Waals surface area (Å²) in [4.78, 5) is 26.2. The van der Waals surface area contributed by atoms with E-state index in [-0.39, 0.29) is 18.4 Å². The van der Waals surface area contributed by atoms with Gasteiger partial charge in [0, 0.05) is 18.8 Å². The van der Waals surface area contributed by atoms with Gasteiger partial charge in [0.05, 0.1) is 5.56 Å². The fourth-order valence-electron chi connectivity index (χ4n) is 2.31. The Balaban J connectivity index is 2.07. The molecule has 0 aliphatic heterocycles. The summed E-state index contributed by atoms with van der Waals surface area (Å²) in [6, 6.07) is 16.1. The number of benzene rings is 2. The third-order valence-corrected chi connectivity index (χ3v) is 3.63. The summed E-state index contributed by atoms with van der Waals surface area (Å²) in [7, 11) is 0. The molecule has 0 aromatic heterocycles. The van der Waals surface area contributed by atoms with Gasteiger partial charge in [-0.1, -0.05) is 30.3 Å². The van der Waals surface area contributed by atoms with Crippen LogP contribution >= 0.6 is 0 Å². The van der Waals surface area contributed by atoms with Crippen molar-refractivity contribution in [2.24, 2.45) is 0 Å². The molecule has 2 aromatic carbocycles. The standard InChI is InChI=1S/C19H22N2O3/c1-3-21(4-2)18(22)14-24-17-13-9-8-12-16(17)19(23)20-15-10-6-5-7-11-15/h5-13H,3-4,14H2,1-2H3,(H,20,23). The van der Waals surface area contributed by atoms with Crippen molar-refractivity contribution < 1.29 is 14.3 Å². The normalized spacial score (nSPS) is 10.1. The first-order chi connectivity index (χ1) is 11.7. The maximum atomic E-state index is 12.4. The number of carbonyl (C=O) groups is 2. The highest BCUT2D eigenvalue weighted by Gasteiger charge is 2.15. The molecule has 0 radical (unpaired) electrons. The molecule has 0 aliphatic carbocycles. The lowest BCUT2D eigenvalue weighted by atomic mass is 10.2. The van der Waals surface area contributed by atoms with E-state index in [2.05, 4.69) is 5.32 Å². The van der Waals surface area contributed by atoms with Crippen molar-refractivity contribution in [3.63, 3.8) is 0 Å². The Morgan fingerprint density at radius 2 is 1.58 bits per heavy atom. The molecule has 2 aromatic rings. The predicted molar refractivity (Wildman–Crippen MR) is 94.3 cm³/mol. The molecule has 0 unspecified atom stereocenters. The van der Waals surface area contributed by atoms with E-state index in [9.17, 15) is 9.59 Å². The highest BCUT2D eigenvalue weighted by atomic mass is 16.5. The molecule has 0 spiro atoms. The molecule has 2 rings (SSSR count). The summed E-state index contributed by atoms with van der Waals surface area (Å²) >= 11 is 0. The molecule has 1 N–H and O–H groups in total. The molecular formula is C19H22N2O3. The van der Waals surface area contributed by atoms with Crippen molar-refractivity contribution in [3.05, 3.63) is 60.2 Å². The first-order valence-corrected chi connectivity index (χ1v) is 8.01. The van der Waals surface area contributed by atoms with E-state index in [1.54, 1.807) is 29.2 Å². The molecule has 0 saturated carbocycles. The van der Waals surface area contributed by atoms with Gasteiger partial charge in [0.2, 0.25) is 0 Å². The van der Waals surface area contributed by atoms with Crippen molar-refractivity contribution in [3.8, 4) is 5.75 Å². The van der Waals surface area contributed by atoms with Crippen molar-refractivity contribution in [2.45, 2.75) is 13.8 Å². The molecule has 0 bridgehead atoms. The van der Waals surface area contributed by atoms with Crippen LogP contribution in [-0.4, -0.2) is 36.4 Å². The predicted octanol–water partition coefficient (Wildman–Crippen LogP) is 3.19. The van der Waals surface area contributed by atoms with Crippen LogP contribution in [0.5, 0.6) is 5.75 Å². The van der Waals surface area contributed by atoms with Gasteiger partial charge in [-0.05, 0) is 38.1 Å². The lowest BCUT2D eigenvalue weighted by molar-refractivity contribution is -0.132. The Morgan fingerprint density at radius 3 is 2.25 bits per heavy atom. The minimum absolute atomic E-state index is 0.0860. The monoisotopic (exact) mass is 326 g/mol. The van der Waals surface area contributed by atoms with Crippen LogP contribution < -0.4 is 10.1 Å². The molecule has 0 atom stereocenters. The third-order valence-electron chi connectivity index (χ3n) is 3.63. The van der Waals surface area contributed by atoms with Crippen LogP contribution in [0.3, 0.4) is 0 Å². The number of likely N-dealkylation sites (N-methyl/N-ethyl adjacent to an activating group) is 1. The van der Waals surface area contributed by atoms with Gasteiger partial charge in [0.1, 0.15) is 5.75 Å². The van der Waals surface area contributed by atoms with Gasteiger partial charge in [-0.25, -0.2) is 0 Å². The molecule has 0 heterocycles. The molecule has 2 amide bonds. The fourth-order valence-corrected chi connectivity index (χ4v) is 2.31. The molecule has 24 heavy (non-hydrogen) atoms. The van der Waals surface area contributed by atoms with Gasteiger partial charge in [-0.3, -0.25) is 9.59 Å². The summed E-state index contributed by atoms with van der Waals surface area (Å²) in [5.74, 6) is 0.0248. The largest absolute Gasteiger partial charge is 0.483 e. The van der Waals surface area contributed by atoms with Crippen molar-refractivity contribution in [1.29, 1.82) is 0 Å². The first kappa shape index (κ1) is 17.5. The lowest BCUT2D eigenvalue weighted by Crippen LogP contribution is -2.34. The number of ether oxygens (including phenoxy) is 1. The zero-order valence-corrected chi connectivity index (χ0v) is 14.0. The third kappa shape index (κ3) is 4.59. The van der Waals surface area contributed by atoms with Gasteiger partial charge < -0.3 is 15.0 Å². The first-order valence-electron chi connectivity index (χ1n) is 8.01. The van der Waals surface area contributed by atoms with Gasteiger partial charge in [0.25, 0.3) is 11.8 Å². The van der Waals surface area contributed by atoms with Gasteiger partial charge in [-0.15, -0.1) is 0 Å². The second-order valence-corrected chi connectivity index (χ2v) is 5.17. The highest BCUT2D eigenvalue weighted by molar-refractivity contribution is 6.06. The Hall–Kier alpha value is -2.82. The number of nitrogens with zero attached hydrogens (tertiary/aromatic N) is 1. The number of anilines is 1. The lowest BCUT2D eigenvalue weighted by Gasteiger charge is -2.19. The molecule has 5 nitrogen and oxygen atoms in total. The smallest absolute Gasteiger partial charge is 0.260 e. The van der Waals surface area contributed by atoms with E-state index in [0.717, 1.165) is 0 Å². The molecule has 5 heteroatoms. The number of amides is 2. The number of hydrogen-bond donors (Lipinski definition) is 1. The van der Waals surface area contributed by atoms with E-state index in [1.807, 2.05) is 44.2 Å². The van der Waals surface area contributed by atoms with E-state index in [0.29, 0.717) is 30.1 Å². The van der Waals surface area contributed by atoms with Crippen LogP contribution in [0.4, 0.5) is 5.69 Å². The van der Waals surface area contributed by atoms with E-state index in [4.69, 9.17) is 4.74 Å². The Labute approximate surface area is 142 Å². The Bertz CT molecular complexity index is 682. The number of para-hydroxylation sites is 2. The van der Waals surface area contributed by atoms with Crippen LogP contribution in [0.1, 0.15) is 24.2 Å². The number of hydrogen-bond acceptors (Lipinski definition) is 3. The highest BCUT2D eigenvalue weighted by Crippen LogP contribution is 2.19. The number of carbonyl (C=O) groups excluding carboxylic acids is 2. The van der Waals surface area contributed by atoms with Crippen molar-refractivity contribution in [1.82, 2.24) is 4.90 Å². The van der Waals surface area contributed by atoms with Crippen molar-refractivity contribution >= 4 is 17.5 Å². The average molecular weight is 326 g/mol. The Morgan fingerprint density at radius 1 is 0.958 bits per heavy atom. The topological polar surface area (TPSA) is 58.6 Å². The second-order valence-electron chi connectivity index (χ2n) is 5.17. The molecule has 0 aliphatic rings. The van der Waals surface area contributed by atoms with E-state index < -0.39 is 0 Å². The molecular weight excluding hydrogens is 304 g/mol. The van der Waals surface area contributed by atoms with Crippen LogP contribution in [0.15, 0.2) is 54.6 Å². The minimum atomic E-state index is -0.271. The Kier molecular flexibility index (Phi) is 6.37. The number of nitrogens with one attached hydrogen (secondary N) is 1. The fraction of sp³-hybridized carbons (Fsp3) is 0.263. The maximum absolute atomic E-state index is 12.4. The van der Waals surface area contributed by atoms with Crippen LogP contribution in [0.2, 0.25) is 0 Å². The van der Waals surface area contributed by atoms with E-state index >= 15 is 0 Å². The van der Waals surface area contributed by atoms with E-state index in [1.165, 1.54) is 0 Å². The maximum Gasteiger partial charge on any atom is 0.260 e. The van der Waals surface area contributed by atoms with Crippen molar-refractivity contribution in [2.75, 3.05) is 25.0 Å². The molecule has 126 valence electrons. The zero-order valence-electron chi connectivity index (χ0n) is 14.0. The number of rotatable bonds is 7. The van der Waals surface area contributed by atoms with Gasteiger partial charge >= 0.3 is 0 Å². The molecule has 0 fully saturated rings. The second kappa shape index (κ2) is 8.72.